The van der Waals surface area contributed by atoms with E-state index in [0.717, 1.165) is 5.56 Å². The maximum Gasteiger partial charge on any atom is 0.185 e. The number of phenolic OH excluding ortho intramolecular Hbond substituents is 1. The van der Waals surface area contributed by atoms with Gasteiger partial charge in [0.1, 0.15) is 5.75 Å². The summed E-state index contributed by atoms with van der Waals surface area (Å²) in [5, 5.41) is 9.43. The molecule has 2 rings (SSSR count). The molecule has 0 fully saturated rings. The SMILES string of the molecule is COc1cc(/C=C/C(=O)c2cccc(O)c2)ccc1OCC(C)C. The van der Waals surface area contributed by atoms with Crippen LogP contribution in [0.4, 0.5) is 0 Å². The van der Waals surface area contributed by atoms with E-state index in [0.29, 0.717) is 29.6 Å². The first-order chi connectivity index (χ1) is 11.5. The summed E-state index contributed by atoms with van der Waals surface area (Å²) in [7, 11) is 1.59. The van der Waals surface area contributed by atoms with E-state index in [1.54, 1.807) is 25.3 Å². The molecule has 0 aliphatic heterocycles. The molecule has 4 nitrogen and oxygen atoms in total. The molecule has 0 aromatic heterocycles. The van der Waals surface area contributed by atoms with Gasteiger partial charge in [-0.2, -0.15) is 0 Å². The highest BCUT2D eigenvalue weighted by Crippen LogP contribution is 2.29. The van der Waals surface area contributed by atoms with Crippen molar-refractivity contribution in [3.8, 4) is 17.2 Å². The second kappa shape index (κ2) is 8.20. The lowest BCUT2D eigenvalue weighted by molar-refractivity contribution is 0.104. The Hall–Kier alpha value is -2.75. The van der Waals surface area contributed by atoms with Crippen molar-refractivity contribution < 1.29 is 19.4 Å². The number of hydrogen-bond acceptors (Lipinski definition) is 4. The van der Waals surface area contributed by atoms with Gasteiger partial charge in [-0.15, -0.1) is 0 Å². The van der Waals surface area contributed by atoms with Crippen LogP contribution in [0.3, 0.4) is 0 Å². The minimum atomic E-state index is -0.176. The third-order valence-corrected chi connectivity index (χ3v) is 3.32. The van der Waals surface area contributed by atoms with Crippen LogP contribution < -0.4 is 9.47 Å². The van der Waals surface area contributed by atoms with Crippen LogP contribution in [0, 0.1) is 5.92 Å². The predicted molar refractivity (Wildman–Crippen MR) is 94.8 cm³/mol. The van der Waals surface area contributed by atoms with Gasteiger partial charge in [0.25, 0.3) is 0 Å². The Morgan fingerprint density at radius 3 is 2.62 bits per heavy atom. The van der Waals surface area contributed by atoms with E-state index in [2.05, 4.69) is 13.8 Å². The lowest BCUT2D eigenvalue weighted by atomic mass is 10.1. The van der Waals surface area contributed by atoms with E-state index in [1.165, 1.54) is 18.2 Å². The largest absolute Gasteiger partial charge is 0.508 e. The molecule has 0 saturated carbocycles. The van der Waals surface area contributed by atoms with Crippen molar-refractivity contribution in [3.63, 3.8) is 0 Å². The van der Waals surface area contributed by atoms with Crippen molar-refractivity contribution in [2.75, 3.05) is 13.7 Å². The average Bonchev–Trinajstić information content (AvgIpc) is 2.58. The molecule has 2 aromatic rings. The maximum atomic E-state index is 12.1. The fraction of sp³-hybridized carbons (Fsp3) is 0.250. The van der Waals surface area contributed by atoms with Crippen LogP contribution in [0.5, 0.6) is 17.2 Å². The van der Waals surface area contributed by atoms with Gasteiger partial charge in [0.15, 0.2) is 17.3 Å². The lowest BCUT2D eigenvalue weighted by Crippen LogP contribution is -2.05. The Kier molecular flexibility index (Phi) is 6.01. The molecule has 0 atom stereocenters. The smallest absolute Gasteiger partial charge is 0.185 e. The number of phenols is 1. The molecule has 0 aliphatic rings. The summed E-state index contributed by atoms with van der Waals surface area (Å²) >= 11 is 0. The van der Waals surface area contributed by atoms with Crippen molar-refractivity contribution in [2.24, 2.45) is 5.92 Å². The summed E-state index contributed by atoms with van der Waals surface area (Å²) < 4.78 is 11.1. The van der Waals surface area contributed by atoms with Crippen LogP contribution in [-0.4, -0.2) is 24.6 Å². The van der Waals surface area contributed by atoms with Crippen molar-refractivity contribution >= 4 is 11.9 Å². The predicted octanol–water partition coefficient (Wildman–Crippen LogP) is 4.33. The fourth-order valence-electron chi connectivity index (χ4n) is 2.09. The number of benzene rings is 2. The van der Waals surface area contributed by atoms with Crippen molar-refractivity contribution in [2.45, 2.75) is 13.8 Å². The molecule has 0 heterocycles. The Morgan fingerprint density at radius 1 is 1.17 bits per heavy atom. The number of ketones is 1. The zero-order chi connectivity index (χ0) is 17.5. The first-order valence-electron chi connectivity index (χ1n) is 7.82. The van der Waals surface area contributed by atoms with E-state index in [9.17, 15) is 9.90 Å². The lowest BCUT2D eigenvalue weighted by Gasteiger charge is -2.12. The molecule has 0 amide bonds. The van der Waals surface area contributed by atoms with Gasteiger partial charge in [0, 0.05) is 5.56 Å². The second-order valence-corrected chi connectivity index (χ2v) is 5.86. The number of ether oxygens (including phenoxy) is 2. The number of carbonyl (C=O) groups is 1. The monoisotopic (exact) mass is 326 g/mol. The van der Waals surface area contributed by atoms with Gasteiger partial charge < -0.3 is 14.6 Å². The summed E-state index contributed by atoms with van der Waals surface area (Å²) in [5.74, 6) is 1.63. The topological polar surface area (TPSA) is 55.8 Å². The highest BCUT2D eigenvalue weighted by atomic mass is 16.5. The van der Waals surface area contributed by atoms with E-state index >= 15 is 0 Å². The van der Waals surface area contributed by atoms with Gasteiger partial charge in [-0.05, 0) is 41.8 Å². The molecule has 0 spiro atoms. The number of carbonyl (C=O) groups excluding carboxylic acids is 1. The summed E-state index contributed by atoms with van der Waals surface area (Å²) in [6, 6.07) is 11.8. The Bertz CT molecular complexity index is 732. The first-order valence-corrected chi connectivity index (χ1v) is 7.82. The van der Waals surface area contributed by atoms with Crippen LogP contribution in [0.2, 0.25) is 0 Å². The van der Waals surface area contributed by atoms with Crippen molar-refractivity contribution in [3.05, 3.63) is 59.7 Å². The highest BCUT2D eigenvalue weighted by Gasteiger charge is 2.07. The molecule has 0 bridgehead atoms. The van der Waals surface area contributed by atoms with Crippen molar-refractivity contribution in [1.82, 2.24) is 0 Å². The minimum absolute atomic E-state index is 0.0718. The molecule has 0 radical (unpaired) electrons. The van der Waals surface area contributed by atoms with Crippen molar-refractivity contribution in [1.29, 1.82) is 0 Å². The van der Waals surface area contributed by atoms with Crippen LogP contribution in [0.1, 0.15) is 29.8 Å². The Labute approximate surface area is 142 Å². The van der Waals surface area contributed by atoms with Crippen LogP contribution in [-0.2, 0) is 0 Å². The van der Waals surface area contributed by atoms with Crippen LogP contribution in [0.15, 0.2) is 48.5 Å². The molecular weight excluding hydrogens is 304 g/mol. The summed E-state index contributed by atoms with van der Waals surface area (Å²) in [6.07, 6.45) is 3.18. The quantitative estimate of drug-likeness (QED) is 0.608. The molecule has 0 unspecified atom stereocenters. The Morgan fingerprint density at radius 2 is 1.96 bits per heavy atom. The van der Waals surface area contributed by atoms with Gasteiger partial charge in [-0.3, -0.25) is 4.79 Å². The fourth-order valence-corrected chi connectivity index (χ4v) is 2.09. The van der Waals surface area contributed by atoms with Crippen LogP contribution >= 0.6 is 0 Å². The number of hydrogen-bond donors (Lipinski definition) is 1. The molecule has 4 heteroatoms. The van der Waals surface area contributed by atoms with Gasteiger partial charge in [0.05, 0.1) is 13.7 Å². The van der Waals surface area contributed by atoms with E-state index in [4.69, 9.17) is 9.47 Å². The third kappa shape index (κ3) is 4.88. The number of aromatic hydroxyl groups is 1. The molecule has 0 saturated heterocycles. The number of methoxy groups -OCH3 is 1. The average molecular weight is 326 g/mol. The molecule has 2 aromatic carbocycles. The summed E-state index contributed by atoms with van der Waals surface area (Å²) in [4.78, 5) is 12.1. The molecule has 1 N–H and O–H groups in total. The zero-order valence-electron chi connectivity index (χ0n) is 14.2. The Balaban J connectivity index is 2.13. The first kappa shape index (κ1) is 17.6. The van der Waals surface area contributed by atoms with Gasteiger partial charge >= 0.3 is 0 Å². The molecular formula is C20H22O4. The number of rotatable bonds is 7. The molecule has 126 valence electrons. The van der Waals surface area contributed by atoms with E-state index < -0.39 is 0 Å². The summed E-state index contributed by atoms with van der Waals surface area (Å²) in [5.41, 5.74) is 1.27. The standard InChI is InChI=1S/C20H22O4/c1-14(2)13-24-19-10-8-15(11-20(19)23-3)7-9-18(22)16-5-4-6-17(21)12-16/h4-12,14,21H,13H2,1-3H3/b9-7+. The normalized spacial score (nSPS) is 11.0. The van der Waals surface area contributed by atoms with E-state index in [-0.39, 0.29) is 11.5 Å². The molecule has 24 heavy (non-hydrogen) atoms. The zero-order valence-corrected chi connectivity index (χ0v) is 14.2. The highest BCUT2D eigenvalue weighted by molar-refractivity contribution is 6.07. The maximum absolute atomic E-state index is 12.1. The minimum Gasteiger partial charge on any atom is -0.508 e. The van der Waals surface area contributed by atoms with Gasteiger partial charge in [0.2, 0.25) is 0 Å². The summed E-state index contributed by atoms with van der Waals surface area (Å²) in [6.45, 7) is 4.77. The van der Waals surface area contributed by atoms with E-state index in [1.807, 2.05) is 18.2 Å². The van der Waals surface area contributed by atoms with Gasteiger partial charge in [-0.1, -0.05) is 38.1 Å². The number of allylic oxidation sites excluding steroid dienone is 1. The second-order valence-electron chi connectivity index (χ2n) is 5.86. The molecule has 0 aliphatic carbocycles. The third-order valence-electron chi connectivity index (χ3n) is 3.32. The van der Waals surface area contributed by atoms with Gasteiger partial charge in [-0.25, -0.2) is 0 Å². The van der Waals surface area contributed by atoms with Crippen LogP contribution in [0.25, 0.3) is 6.08 Å².